The molecule has 4 rings (SSSR count). The van der Waals surface area contributed by atoms with Crippen LogP contribution < -0.4 is 4.90 Å². The number of carbonyl (C=O) groups is 1. The molecule has 1 aromatic rings. The third kappa shape index (κ3) is 5.77. The minimum Gasteiger partial charge on any atom is -0.354 e. The molecule has 2 heterocycles. The Labute approximate surface area is 191 Å². The van der Waals surface area contributed by atoms with Crippen LogP contribution in [-0.2, 0) is 9.53 Å². The molecule has 1 saturated carbocycles. The van der Waals surface area contributed by atoms with Crippen LogP contribution in [0.15, 0.2) is 30.3 Å². The Bertz CT molecular complexity index is 648. The number of para-hydroxylation sites is 1. The minimum atomic E-state index is -0.128. The number of rotatable bonds is 7. The van der Waals surface area contributed by atoms with Gasteiger partial charge in [0.2, 0.25) is 0 Å². The maximum absolute atomic E-state index is 13.4. The molecule has 2 saturated heterocycles. The third-order valence-corrected chi connectivity index (χ3v) is 9.98. The molecule has 3 fully saturated rings. The van der Waals surface area contributed by atoms with Crippen LogP contribution in [0.25, 0.3) is 0 Å². The molecule has 1 aromatic carbocycles. The van der Waals surface area contributed by atoms with E-state index in [0.29, 0.717) is 11.2 Å². The summed E-state index contributed by atoms with van der Waals surface area (Å²) in [7, 11) is 0. The van der Waals surface area contributed by atoms with Crippen molar-refractivity contribution in [3.63, 3.8) is 0 Å². The number of ether oxygens (including phenoxy) is 1. The summed E-state index contributed by atoms with van der Waals surface area (Å²) in [5.74, 6) is 3.13. The zero-order chi connectivity index (χ0) is 20.7. The lowest BCUT2D eigenvalue weighted by Gasteiger charge is -2.38. The molecule has 0 spiro atoms. The first-order chi connectivity index (χ1) is 14.8. The first-order valence-electron chi connectivity index (χ1n) is 12.0. The van der Waals surface area contributed by atoms with E-state index in [1.165, 1.54) is 75.7 Å². The Balaban J connectivity index is 1.43. The molecule has 0 bridgehead atoms. The van der Waals surface area contributed by atoms with Gasteiger partial charge in [-0.05, 0) is 68.1 Å². The topological polar surface area (TPSA) is 29.5 Å². The molecule has 1 amide bonds. The number of anilines is 1. The second-order valence-electron chi connectivity index (χ2n) is 9.07. The van der Waals surface area contributed by atoms with Gasteiger partial charge >= 0.3 is 0 Å². The van der Waals surface area contributed by atoms with Crippen molar-refractivity contribution < 1.29 is 9.53 Å². The van der Waals surface area contributed by atoms with Gasteiger partial charge in [0.25, 0.3) is 5.91 Å². The third-order valence-electron chi connectivity index (χ3n) is 6.96. The largest absolute Gasteiger partial charge is 0.354 e. The van der Waals surface area contributed by atoms with E-state index in [-0.39, 0.29) is 17.4 Å². The summed E-state index contributed by atoms with van der Waals surface area (Å²) in [5.41, 5.74) is 1.01. The SMILES string of the molecule is O=C(COC1(C2CCCCCCC2)CCCS1)N(CC1CCCS1)c1ccccc1. The molecule has 0 N–H and O–H groups in total. The van der Waals surface area contributed by atoms with Crippen molar-refractivity contribution in [2.75, 3.05) is 29.6 Å². The highest BCUT2D eigenvalue weighted by Gasteiger charge is 2.43. The normalized spacial score (nSPS) is 28.2. The monoisotopic (exact) mass is 447 g/mol. The van der Waals surface area contributed by atoms with E-state index >= 15 is 0 Å². The summed E-state index contributed by atoms with van der Waals surface area (Å²) in [4.78, 5) is 15.3. The Morgan fingerprint density at radius 2 is 1.73 bits per heavy atom. The van der Waals surface area contributed by atoms with E-state index in [4.69, 9.17) is 4.74 Å². The van der Waals surface area contributed by atoms with Crippen LogP contribution in [0.5, 0.6) is 0 Å². The lowest BCUT2D eigenvalue weighted by molar-refractivity contribution is -0.128. The molecule has 3 aliphatic rings. The molecule has 3 nitrogen and oxygen atoms in total. The predicted octanol–water partition coefficient (Wildman–Crippen LogP) is 6.52. The van der Waals surface area contributed by atoms with Crippen LogP contribution >= 0.6 is 23.5 Å². The van der Waals surface area contributed by atoms with Crippen LogP contribution in [0.1, 0.15) is 70.6 Å². The summed E-state index contributed by atoms with van der Waals surface area (Å²) in [6, 6.07) is 10.2. The van der Waals surface area contributed by atoms with Crippen molar-refractivity contribution in [1.29, 1.82) is 0 Å². The van der Waals surface area contributed by atoms with Gasteiger partial charge in [0.1, 0.15) is 11.5 Å². The van der Waals surface area contributed by atoms with Gasteiger partial charge in [-0.3, -0.25) is 4.79 Å². The molecule has 1 aliphatic carbocycles. The van der Waals surface area contributed by atoms with Crippen LogP contribution in [-0.4, -0.2) is 40.7 Å². The molecule has 2 atom stereocenters. The van der Waals surface area contributed by atoms with E-state index in [1.807, 2.05) is 46.6 Å². The quantitative estimate of drug-likeness (QED) is 0.476. The summed E-state index contributed by atoms with van der Waals surface area (Å²) < 4.78 is 6.62. The Morgan fingerprint density at radius 3 is 2.40 bits per heavy atom. The maximum atomic E-state index is 13.4. The zero-order valence-electron chi connectivity index (χ0n) is 18.2. The number of carbonyl (C=O) groups excluding carboxylic acids is 1. The highest BCUT2D eigenvalue weighted by molar-refractivity contribution is 8.00. The summed E-state index contributed by atoms with van der Waals surface area (Å²) in [6.07, 6.45) is 14.1. The summed E-state index contributed by atoms with van der Waals surface area (Å²) >= 11 is 4.01. The number of hydrogen-bond acceptors (Lipinski definition) is 4. The van der Waals surface area contributed by atoms with Crippen molar-refractivity contribution >= 4 is 35.1 Å². The first-order valence-corrected chi connectivity index (χ1v) is 14.1. The lowest BCUT2D eigenvalue weighted by atomic mass is 9.85. The Kier molecular flexibility index (Phi) is 8.48. The van der Waals surface area contributed by atoms with Crippen LogP contribution in [0.4, 0.5) is 5.69 Å². The molecule has 5 heteroatoms. The zero-order valence-corrected chi connectivity index (χ0v) is 19.9. The number of nitrogens with zero attached hydrogens (tertiary/aromatic N) is 1. The average Bonchev–Trinajstić information content (AvgIpc) is 3.43. The predicted molar refractivity (Wildman–Crippen MR) is 130 cm³/mol. The van der Waals surface area contributed by atoms with Crippen LogP contribution in [0, 0.1) is 5.92 Å². The van der Waals surface area contributed by atoms with Crippen molar-refractivity contribution in [2.45, 2.75) is 80.8 Å². The number of amides is 1. The first kappa shape index (κ1) is 22.5. The van der Waals surface area contributed by atoms with Gasteiger partial charge in [0.15, 0.2) is 0 Å². The van der Waals surface area contributed by atoms with Gasteiger partial charge in [0.05, 0.1) is 0 Å². The van der Waals surface area contributed by atoms with E-state index in [9.17, 15) is 4.79 Å². The second-order valence-corrected chi connectivity index (χ2v) is 11.9. The molecular formula is C25H37NO2S2. The van der Waals surface area contributed by atoms with Crippen molar-refractivity contribution in [3.8, 4) is 0 Å². The van der Waals surface area contributed by atoms with Crippen molar-refractivity contribution in [2.24, 2.45) is 5.92 Å². The van der Waals surface area contributed by atoms with Crippen LogP contribution in [0.2, 0.25) is 0 Å². The number of benzene rings is 1. The molecule has 30 heavy (non-hydrogen) atoms. The molecule has 0 aromatic heterocycles. The molecule has 166 valence electrons. The summed E-state index contributed by atoms with van der Waals surface area (Å²) in [6.45, 7) is 1.02. The molecule has 0 radical (unpaired) electrons. The average molecular weight is 448 g/mol. The minimum absolute atomic E-state index is 0.128. The van der Waals surface area contributed by atoms with E-state index in [1.54, 1.807) is 0 Å². The van der Waals surface area contributed by atoms with E-state index in [2.05, 4.69) is 12.1 Å². The standard InChI is InChI=1S/C25H37NO2S2/c27-24(26(19-23-15-9-17-29-23)22-13-7-4-8-14-22)20-28-25(16-10-18-30-25)21-11-5-2-1-3-6-12-21/h4,7-8,13-14,21,23H,1-3,5-6,9-12,15-20H2. The van der Waals surface area contributed by atoms with Crippen molar-refractivity contribution in [1.82, 2.24) is 0 Å². The van der Waals surface area contributed by atoms with Crippen LogP contribution in [0.3, 0.4) is 0 Å². The van der Waals surface area contributed by atoms with Gasteiger partial charge in [-0.2, -0.15) is 11.8 Å². The second kappa shape index (κ2) is 11.3. The van der Waals surface area contributed by atoms with Gasteiger partial charge in [-0.15, -0.1) is 11.8 Å². The molecule has 2 aliphatic heterocycles. The maximum Gasteiger partial charge on any atom is 0.253 e. The fraction of sp³-hybridized carbons (Fsp3) is 0.720. The Morgan fingerprint density at radius 1 is 0.967 bits per heavy atom. The fourth-order valence-corrected chi connectivity index (χ4v) is 8.09. The lowest BCUT2D eigenvalue weighted by Crippen LogP contribution is -2.43. The van der Waals surface area contributed by atoms with E-state index in [0.717, 1.165) is 18.7 Å². The van der Waals surface area contributed by atoms with Crippen molar-refractivity contribution in [3.05, 3.63) is 30.3 Å². The smallest absolute Gasteiger partial charge is 0.253 e. The van der Waals surface area contributed by atoms with Gasteiger partial charge in [-0.25, -0.2) is 0 Å². The molecule has 2 unspecified atom stereocenters. The number of hydrogen-bond donors (Lipinski definition) is 0. The fourth-order valence-electron chi connectivity index (χ4n) is 5.30. The Hall–Kier alpha value is -0.650. The van der Waals surface area contributed by atoms with E-state index < -0.39 is 0 Å². The highest BCUT2D eigenvalue weighted by Crippen LogP contribution is 2.49. The number of thioether (sulfide) groups is 2. The van der Waals surface area contributed by atoms with Gasteiger partial charge in [-0.1, -0.05) is 50.3 Å². The van der Waals surface area contributed by atoms with Gasteiger partial charge < -0.3 is 9.64 Å². The summed E-state index contributed by atoms with van der Waals surface area (Å²) in [5, 5.41) is 0.551. The highest BCUT2D eigenvalue weighted by atomic mass is 32.2. The molecular weight excluding hydrogens is 410 g/mol. The van der Waals surface area contributed by atoms with Gasteiger partial charge in [0, 0.05) is 17.5 Å².